The van der Waals surface area contributed by atoms with Crippen LogP contribution in [0.4, 0.5) is 11.4 Å². The lowest BCUT2D eigenvalue weighted by Crippen LogP contribution is -2.40. The van der Waals surface area contributed by atoms with Gasteiger partial charge in [0.15, 0.2) is 0 Å². The minimum atomic E-state index is 0.123. The van der Waals surface area contributed by atoms with E-state index in [9.17, 15) is 4.79 Å². The average molecular weight is 306 g/mol. The molecule has 2 fully saturated rings. The average Bonchev–Trinajstić information content (AvgIpc) is 3.23. The fourth-order valence-electron chi connectivity index (χ4n) is 4.07. The van der Waals surface area contributed by atoms with Gasteiger partial charge >= 0.3 is 0 Å². The van der Waals surface area contributed by atoms with Gasteiger partial charge in [0.05, 0.1) is 5.92 Å². The van der Waals surface area contributed by atoms with E-state index in [1.807, 2.05) is 41.3 Å². The van der Waals surface area contributed by atoms with Crippen LogP contribution in [0, 0.1) is 5.92 Å². The summed E-state index contributed by atoms with van der Waals surface area (Å²) >= 11 is 0. The number of hydrogen-bond acceptors (Lipinski definition) is 2. The first-order valence-corrected chi connectivity index (χ1v) is 8.53. The fraction of sp³-hybridized carbons (Fsp3) is 0.350. The van der Waals surface area contributed by atoms with E-state index in [1.54, 1.807) is 0 Å². The maximum Gasteiger partial charge on any atom is 0.232 e. The van der Waals surface area contributed by atoms with E-state index in [2.05, 4.69) is 29.2 Å². The zero-order valence-electron chi connectivity index (χ0n) is 13.3. The van der Waals surface area contributed by atoms with Crippen molar-refractivity contribution in [2.75, 3.05) is 22.9 Å². The number of amides is 1. The summed E-state index contributed by atoms with van der Waals surface area (Å²) in [5.74, 6) is 0.418. The molecule has 2 aliphatic heterocycles. The Hall–Kier alpha value is -2.29. The predicted molar refractivity (Wildman–Crippen MR) is 93.7 cm³/mol. The first kappa shape index (κ1) is 14.3. The Morgan fingerprint density at radius 2 is 1.43 bits per heavy atom. The minimum absolute atomic E-state index is 0.123. The molecule has 2 unspecified atom stereocenters. The molecule has 2 atom stereocenters. The van der Waals surface area contributed by atoms with Gasteiger partial charge in [0.2, 0.25) is 5.91 Å². The third-order valence-electron chi connectivity index (χ3n) is 5.17. The summed E-state index contributed by atoms with van der Waals surface area (Å²) in [6, 6.07) is 20.9. The molecule has 23 heavy (non-hydrogen) atoms. The van der Waals surface area contributed by atoms with Gasteiger partial charge in [-0.2, -0.15) is 0 Å². The van der Waals surface area contributed by atoms with Gasteiger partial charge in [0.1, 0.15) is 0 Å². The molecule has 0 saturated carbocycles. The Balaban J connectivity index is 1.55. The molecule has 2 aliphatic rings. The van der Waals surface area contributed by atoms with Crippen LogP contribution in [0.15, 0.2) is 60.7 Å². The SMILES string of the molecule is O=C1C(C2CCCN2c2ccccc2)CCN1c1ccccc1. The maximum atomic E-state index is 13.0. The second-order valence-corrected chi connectivity index (χ2v) is 6.46. The quantitative estimate of drug-likeness (QED) is 0.863. The van der Waals surface area contributed by atoms with Crippen LogP contribution < -0.4 is 9.80 Å². The van der Waals surface area contributed by atoms with Crippen LogP contribution in [0.2, 0.25) is 0 Å². The smallest absolute Gasteiger partial charge is 0.232 e. The molecule has 2 heterocycles. The van der Waals surface area contributed by atoms with E-state index >= 15 is 0 Å². The molecular formula is C20H22N2O. The largest absolute Gasteiger partial charge is 0.368 e. The Bertz CT molecular complexity index is 671. The lowest BCUT2D eigenvalue weighted by atomic mass is 9.95. The first-order valence-electron chi connectivity index (χ1n) is 8.53. The second kappa shape index (κ2) is 6.07. The highest BCUT2D eigenvalue weighted by molar-refractivity contribution is 5.97. The van der Waals surface area contributed by atoms with Gasteiger partial charge in [-0.25, -0.2) is 0 Å². The third-order valence-corrected chi connectivity index (χ3v) is 5.17. The molecule has 118 valence electrons. The second-order valence-electron chi connectivity index (χ2n) is 6.46. The number of hydrogen-bond donors (Lipinski definition) is 0. The molecule has 0 N–H and O–H groups in total. The Morgan fingerprint density at radius 1 is 0.783 bits per heavy atom. The van der Waals surface area contributed by atoms with Crippen molar-refractivity contribution >= 4 is 17.3 Å². The predicted octanol–water partition coefficient (Wildman–Crippen LogP) is 3.71. The summed E-state index contributed by atoms with van der Waals surface area (Å²) in [4.78, 5) is 17.4. The van der Waals surface area contributed by atoms with Crippen LogP contribution in [0.25, 0.3) is 0 Å². The monoisotopic (exact) mass is 306 g/mol. The van der Waals surface area contributed by atoms with E-state index in [4.69, 9.17) is 0 Å². The van der Waals surface area contributed by atoms with Crippen LogP contribution in [-0.2, 0) is 4.79 Å². The summed E-state index contributed by atoms with van der Waals surface area (Å²) < 4.78 is 0. The molecule has 0 aliphatic carbocycles. The number of carbonyl (C=O) groups is 1. The molecule has 2 saturated heterocycles. The van der Waals surface area contributed by atoms with E-state index in [0.29, 0.717) is 11.9 Å². The maximum absolute atomic E-state index is 13.0. The molecule has 0 bridgehead atoms. The van der Waals surface area contributed by atoms with Crippen molar-refractivity contribution in [3.05, 3.63) is 60.7 Å². The Labute approximate surface area is 137 Å². The molecule has 3 nitrogen and oxygen atoms in total. The van der Waals surface area contributed by atoms with E-state index in [1.165, 1.54) is 12.1 Å². The zero-order chi connectivity index (χ0) is 15.6. The van der Waals surface area contributed by atoms with Gasteiger partial charge in [-0.15, -0.1) is 0 Å². The van der Waals surface area contributed by atoms with Crippen LogP contribution in [0.3, 0.4) is 0 Å². The molecule has 3 heteroatoms. The molecule has 2 aromatic rings. The van der Waals surface area contributed by atoms with Crippen LogP contribution >= 0.6 is 0 Å². The van der Waals surface area contributed by atoms with Gasteiger partial charge in [-0.1, -0.05) is 36.4 Å². The van der Waals surface area contributed by atoms with Gasteiger partial charge in [0.25, 0.3) is 0 Å². The summed E-state index contributed by atoms with van der Waals surface area (Å²) in [5, 5.41) is 0. The zero-order valence-corrected chi connectivity index (χ0v) is 13.3. The summed E-state index contributed by atoms with van der Waals surface area (Å²) in [5.41, 5.74) is 2.28. The molecule has 0 radical (unpaired) electrons. The van der Waals surface area contributed by atoms with Crippen molar-refractivity contribution in [1.82, 2.24) is 0 Å². The van der Waals surface area contributed by atoms with Crippen LogP contribution in [0.1, 0.15) is 19.3 Å². The lowest BCUT2D eigenvalue weighted by Gasteiger charge is -2.30. The highest BCUT2D eigenvalue weighted by Gasteiger charge is 2.42. The summed E-state index contributed by atoms with van der Waals surface area (Å²) in [7, 11) is 0. The normalized spacial score (nSPS) is 24.4. The van der Waals surface area contributed by atoms with Crippen molar-refractivity contribution in [2.45, 2.75) is 25.3 Å². The van der Waals surface area contributed by atoms with Crippen molar-refractivity contribution in [3.8, 4) is 0 Å². The molecule has 4 rings (SSSR count). The summed E-state index contributed by atoms with van der Waals surface area (Å²) in [6.45, 7) is 1.90. The van der Waals surface area contributed by atoms with E-state index < -0.39 is 0 Å². The lowest BCUT2D eigenvalue weighted by molar-refractivity contribution is -0.120. The first-order chi connectivity index (χ1) is 11.3. The highest BCUT2D eigenvalue weighted by Crippen LogP contribution is 2.36. The van der Waals surface area contributed by atoms with Gasteiger partial charge in [0, 0.05) is 30.5 Å². The van der Waals surface area contributed by atoms with Crippen LogP contribution in [0.5, 0.6) is 0 Å². The van der Waals surface area contributed by atoms with E-state index in [-0.39, 0.29) is 5.92 Å². The third kappa shape index (κ3) is 2.61. The number of nitrogens with zero attached hydrogens (tertiary/aromatic N) is 2. The van der Waals surface area contributed by atoms with Gasteiger partial charge in [-0.3, -0.25) is 4.79 Å². The number of benzene rings is 2. The molecule has 2 aromatic carbocycles. The van der Waals surface area contributed by atoms with Crippen molar-refractivity contribution in [1.29, 1.82) is 0 Å². The number of para-hydroxylation sites is 2. The van der Waals surface area contributed by atoms with Gasteiger partial charge < -0.3 is 9.80 Å². The Morgan fingerprint density at radius 3 is 2.13 bits per heavy atom. The summed E-state index contributed by atoms with van der Waals surface area (Å²) in [6.07, 6.45) is 3.25. The molecule has 1 amide bonds. The highest BCUT2D eigenvalue weighted by atomic mass is 16.2. The van der Waals surface area contributed by atoms with Gasteiger partial charge in [-0.05, 0) is 43.5 Å². The van der Waals surface area contributed by atoms with Crippen molar-refractivity contribution < 1.29 is 4.79 Å². The minimum Gasteiger partial charge on any atom is -0.368 e. The number of carbonyl (C=O) groups excluding carboxylic acids is 1. The molecular weight excluding hydrogens is 284 g/mol. The van der Waals surface area contributed by atoms with Crippen molar-refractivity contribution in [2.24, 2.45) is 5.92 Å². The number of anilines is 2. The van der Waals surface area contributed by atoms with E-state index in [0.717, 1.165) is 31.6 Å². The molecule has 0 aromatic heterocycles. The van der Waals surface area contributed by atoms with Crippen molar-refractivity contribution in [3.63, 3.8) is 0 Å². The fourth-order valence-corrected chi connectivity index (χ4v) is 4.07. The standard InChI is InChI=1S/C20H22N2O/c23-20-18(13-15-22(20)17-10-5-2-6-11-17)19-12-7-14-21(19)16-8-3-1-4-9-16/h1-6,8-11,18-19H,7,12-15H2. The topological polar surface area (TPSA) is 23.6 Å². The molecule has 0 spiro atoms. The Kier molecular flexibility index (Phi) is 3.78. The number of rotatable bonds is 3. The van der Waals surface area contributed by atoms with Crippen LogP contribution in [-0.4, -0.2) is 25.0 Å².